The molecule has 118 valence electrons. The van der Waals surface area contributed by atoms with Crippen LogP contribution < -0.4 is 0 Å². The van der Waals surface area contributed by atoms with Crippen LogP contribution in [0.2, 0.25) is 0 Å². The van der Waals surface area contributed by atoms with Crippen LogP contribution >= 0.6 is 11.8 Å². The van der Waals surface area contributed by atoms with E-state index < -0.39 is 0 Å². The van der Waals surface area contributed by atoms with Crippen LogP contribution in [0.3, 0.4) is 0 Å². The Labute approximate surface area is 136 Å². The molecule has 0 saturated carbocycles. The fraction of sp³-hybridized carbons (Fsp3) is 0.588. The number of likely N-dealkylation sites (tertiary alicyclic amines) is 1. The fourth-order valence-corrected chi connectivity index (χ4v) is 3.61. The number of nitriles is 1. The molecule has 1 saturated heterocycles. The predicted molar refractivity (Wildman–Crippen MR) is 88.9 cm³/mol. The molecule has 1 aliphatic heterocycles. The largest absolute Gasteiger partial charge is 0.342 e. The normalized spacial score (nSPS) is 15.7. The Bertz CT molecular complexity index is 613. The first kappa shape index (κ1) is 16.8. The van der Waals surface area contributed by atoms with Crippen LogP contribution in [-0.4, -0.2) is 34.6 Å². The van der Waals surface area contributed by atoms with Gasteiger partial charge in [-0.05, 0) is 50.7 Å². The summed E-state index contributed by atoms with van der Waals surface area (Å²) in [4.78, 5) is 18.7. The highest BCUT2D eigenvalue weighted by Gasteiger charge is 2.21. The third-order valence-corrected chi connectivity index (χ3v) is 5.50. The molecule has 2 heterocycles. The summed E-state index contributed by atoms with van der Waals surface area (Å²) in [5.74, 6) is 1.22. The highest BCUT2D eigenvalue weighted by molar-refractivity contribution is 8.00. The van der Waals surface area contributed by atoms with Gasteiger partial charge in [0.15, 0.2) is 0 Å². The van der Waals surface area contributed by atoms with Gasteiger partial charge in [-0.1, -0.05) is 18.7 Å². The maximum Gasteiger partial charge on any atom is 0.232 e. The Morgan fingerprint density at radius 3 is 2.55 bits per heavy atom. The highest BCUT2D eigenvalue weighted by Crippen LogP contribution is 2.27. The number of amides is 1. The third-order valence-electron chi connectivity index (χ3n) is 4.54. The average molecular weight is 317 g/mol. The first-order chi connectivity index (χ1) is 10.4. The monoisotopic (exact) mass is 317 g/mol. The molecule has 0 unspecified atom stereocenters. The van der Waals surface area contributed by atoms with Gasteiger partial charge >= 0.3 is 0 Å². The maximum atomic E-state index is 12.3. The molecule has 0 aromatic carbocycles. The summed E-state index contributed by atoms with van der Waals surface area (Å²) in [5, 5.41) is 10.0. The molecule has 5 heteroatoms. The number of nitrogens with zero attached hydrogens (tertiary/aromatic N) is 3. The Morgan fingerprint density at radius 2 is 1.95 bits per heavy atom. The molecule has 22 heavy (non-hydrogen) atoms. The van der Waals surface area contributed by atoms with E-state index in [9.17, 15) is 10.1 Å². The number of hydrogen-bond acceptors (Lipinski definition) is 4. The number of carbonyl (C=O) groups is 1. The molecular weight excluding hydrogens is 294 g/mol. The molecule has 0 aliphatic carbocycles. The van der Waals surface area contributed by atoms with Gasteiger partial charge in [-0.3, -0.25) is 4.79 Å². The zero-order chi connectivity index (χ0) is 16.3. The van der Waals surface area contributed by atoms with Crippen molar-refractivity contribution in [1.82, 2.24) is 9.88 Å². The average Bonchev–Trinajstić information content (AvgIpc) is 2.51. The van der Waals surface area contributed by atoms with Gasteiger partial charge in [0.25, 0.3) is 0 Å². The number of carbonyl (C=O) groups excluding carboxylic acids is 1. The SMILES string of the molecule is Cc1nc(SCC(=O)N2CCC(C)CC2)c(C#N)c(C)c1C. The van der Waals surface area contributed by atoms with E-state index in [1.54, 1.807) is 0 Å². The number of aryl methyl sites for hydroxylation is 1. The Morgan fingerprint density at radius 1 is 1.32 bits per heavy atom. The standard InChI is InChI=1S/C17H23N3OS/c1-11-5-7-20(8-6-11)16(21)10-22-17-15(9-18)13(3)12(2)14(4)19-17/h11H,5-8,10H2,1-4H3. The van der Waals surface area contributed by atoms with Crippen molar-refractivity contribution in [2.45, 2.75) is 45.6 Å². The summed E-state index contributed by atoms with van der Waals surface area (Å²) in [6.45, 7) is 9.81. The van der Waals surface area contributed by atoms with E-state index in [0.717, 1.165) is 42.8 Å². The van der Waals surface area contributed by atoms with Gasteiger partial charge in [-0.25, -0.2) is 4.98 Å². The Hall–Kier alpha value is -1.54. The zero-order valence-corrected chi connectivity index (χ0v) is 14.6. The predicted octanol–water partition coefficient (Wildman–Crippen LogP) is 3.23. The minimum absolute atomic E-state index is 0.151. The topological polar surface area (TPSA) is 57.0 Å². The summed E-state index contributed by atoms with van der Waals surface area (Å²) in [5.41, 5.74) is 3.56. The van der Waals surface area contributed by atoms with Crippen LogP contribution in [0.4, 0.5) is 0 Å². The van der Waals surface area contributed by atoms with Gasteiger partial charge in [0, 0.05) is 18.8 Å². The van der Waals surface area contributed by atoms with E-state index in [1.165, 1.54) is 11.8 Å². The number of hydrogen-bond donors (Lipinski definition) is 0. The van der Waals surface area contributed by atoms with Crippen LogP contribution in [0.5, 0.6) is 0 Å². The number of rotatable bonds is 3. The lowest BCUT2D eigenvalue weighted by molar-refractivity contribution is -0.129. The van der Waals surface area contributed by atoms with E-state index in [-0.39, 0.29) is 5.91 Å². The van der Waals surface area contributed by atoms with Crippen LogP contribution in [0.15, 0.2) is 5.03 Å². The van der Waals surface area contributed by atoms with Gasteiger partial charge < -0.3 is 4.90 Å². The second kappa shape index (κ2) is 7.15. The molecular formula is C17H23N3OS. The van der Waals surface area contributed by atoms with Crippen LogP contribution in [0, 0.1) is 38.0 Å². The van der Waals surface area contributed by atoms with Crippen molar-refractivity contribution in [1.29, 1.82) is 5.26 Å². The van der Waals surface area contributed by atoms with Crippen molar-refractivity contribution >= 4 is 17.7 Å². The van der Waals surface area contributed by atoms with Crippen molar-refractivity contribution in [2.75, 3.05) is 18.8 Å². The maximum absolute atomic E-state index is 12.3. The van der Waals surface area contributed by atoms with E-state index >= 15 is 0 Å². The fourth-order valence-electron chi connectivity index (χ4n) is 2.63. The first-order valence-electron chi connectivity index (χ1n) is 7.72. The van der Waals surface area contributed by atoms with Gasteiger partial charge in [0.05, 0.1) is 11.3 Å². The van der Waals surface area contributed by atoms with E-state index in [2.05, 4.69) is 18.0 Å². The van der Waals surface area contributed by atoms with E-state index in [1.807, 2.05) is 25.7 Å². The van der Waals surface area contributed by atoms with Crippen LogP contribution in [0.25, 0.3) is 0 Å². The Kier molecular flexibility index (Phi) is 5.47. The van der Waals surface area contributed by atoms with Crippen molar-refractivity contribution in [3.8, 4) is 6.07 Å². The van der Waals surface area contributed by atoms with E-state index in [0.29, 0.717) is 22.3 Å². The lowest BCUT2D eigenvalue weighted by Gasteiger charge is -2.30. The van der Waals surface area contributed by atoms with Crippen LogP contribution in [-0.2, 0) is 4.79 Å². The smallest absolute Gasteiger partial charge is 0.232 e. The second-order valence-corrected chi connectivity index (χ2v) is 7.06. The van der Waals surface area contributed by atoms with Crippen molar-refractivity contribution in [2.24, 2.45) is 5.92 Å². The molecule has 1 aromatic heterocycles. The molecule has 0 spiro atoms. The zero-order valence-electron chi connectivity index (χ0n) is 13.8. The quantitative estimate of drug-likeness (QED) is 0.803. The number of thioether (sulfide) groups is 1. The van der Waals surface area contributed by atoms with Crippen molar-refractivity contribution in [3.63, 3.8) is 0 Å². The molecule has 0 N–H and O–H groups in total. The minimum atomic E-state index is 0.151. The third kappa shape index (κ3) is 3.61. The number of piperidine rings is 1. The number of pyridine rings is 1. The summed E-state index contributed by atoms with van der Waals surface area (Å²) >= 11 is 1.39. The Balaban J connectivity index is 2.06. The van der Waals surface area contributed by atoms with Gasteiger partial charge in [-0.15, -0.1) is 0 Å². The lowest BCUT2D eigenvalue weighted by Crippen LogP contribution is -2.38. The molecule has 1 fully saturated rings. The molecule has 0 atom stereocenters. The summed E-state index contributed by atoms with van der Waals surface area (Å²) in [7, 11) is 0. The van der Waals surface area contributed by atoms with Crippen molar-refractivity contribution < 1.29 is 4.79 Å². The first-order valence-corrected chi connectivity index (χ1v) is 8.71. The number of aromatic nitrogens is 1. The molecule has 0 bridgehead atoms. The van der Waals surface area contributed by atoms with Gasteiger partial charge in [0.2, 0.25) is 5.91 Å². The highest BCUT2D eigenvalue weighted by atomic mass is 32.2. The second-order valence-electron chi connectivity index (χ2n) is 6.09. The lowest BCUT2D eigenvalue weighted by atomic mass is 9.99. The molecule has 4 nitrogen and oxygen atoms in total. The molecule has 1 aliphatic rings. The van der Waals surface area contributed by atoms with Gasteiger partial charge in [-0.2, -0.15) is 5.26 Å². The summed E-state index contributed by atoms with van der Waals surface area (Å²) < 4.78 is 0. The molecule has 0 radical (unpaired) electrons. The summed E-state index contributed by atoms with van der Waals surface area (Å²) in [6.07, 6.45) is 2.17. The van der Waals surface area contributed by atoms with E-state index in [4.69, 9.17) is 0 Å². The minimum Gasteiger partial charge on any atom is -0.342 e. The van der Waals surface area contributed by atoms with Gasteiger partial charge in [0.1, 0.15) is 11.1 Å². The molecule has 2 rings (SSSR count). The summed E-state index contributed by atoms with van der Waals surface area (Å²) in [6, 6.07) is 2.23. The van der Waals surface area contributed by atoms with Crippen molar-refractivity contribution in [3.05, 3.63) is 22.4 Å². The van der Waals surface area contributed by atoms with Crippen LogP contribution in [0.1, 0.15) is 42.1 Å². The molecule has 1 aromatic rings. The molecule has 1 amide bonds.